The van der Waals surface area contributed by atoms with Crippen LogP contribution in [0.25, 0.3) is 0 Å². The Morgan fingerprint density at radius 2 is 2.00 bits per heavy atom. The summed E-state index contributed by atoms with van der Waals surface area (Å²) in [6.07, 6.45) is 0.574. The van der Waals surface area contributed by atoms with Gasteiger partial charge < -0.3 is 14.8 Å². The van der Waals surface area contributed by atoms with E-state index in [1.54, 1.807) is 23.1 Å². The Hall–Kier alpha value is -3.02. The van der Waals surface area contributed by atoms with E-state index in [0.717, 1.165) is 16.8 Å². The van der Waals surface area contributed by atoms with E-state index in [-0.39, 0.29) is 12.1 Å². The Kier molecular flexibility index (Phi) is 3.64. The highest BCUT2D eigenvalue weighted by molar-refractivity contribution is 5.95. The van der Waals surface area contributed by atoms with Crippen molar-refractivity contribution in [2.75, 3.05) is 12.0 Å². The third-order valence-corrected chi connectivity index (χ3v) is 4.98. The number of carbonyl (C=O) groups is 2. The van der Waals surface area contributed by atoms with E-state index in [1.807, 2.05) is 38.1 Å². The van der Waals surface area contributed by atoms with Crippen LogP contribution in [0.3, 0.4) is 0 Å². The Labute approximate surface area is 151 Å². The molecule has 0 radical (unpaired) electrons. The molecular formula is C20H20N2O4. The SMILES string of the molecule is COC(=O)c1ccc2c(c1)[C@@H]1C[C@](C)(O2)N(c2ccc(C)cc2)C(=O)N1. The molecule has 6 heteroatoms. The Bertz CT molecular complexity index is 893. The molecule has 0 spiro atoms. The Morgan fingerprint density at radius 3 is 2.69 bits per heavy atom. The molecule has 2 bridgehead atoms. The fourth-order valence-corrected chi connectivity index (χ4v) is 3.70. The molecule has 0 aromatic heterocycles. The molecule has 2 amide bonds. The highest BCUT2D eigenvalue weighted by Crippen LogP contribution is 2.45. The molecule has 4 rings (SSSR count). The number of anilines is 1. The molecule has 2 heterocycles. The molecule has 0 unspecified atom stereocenters. The number of nitrogens with one attached hydrogen (secondary N) is 1. The number of urea groups is 1. The van der Waals surface area contributed by atoms with Crippen molar-refractivity contribution < 1.29 is 19.1 Å². The average Bonchev–Trinajstić information content (AvgIpc) is 2.61. The minimum atomic E-state index is -0.804. The molecule has 1 fully saturated rings. The summed E-state index contributed by atoms with van der Waals surface area (Å²) >= 11 is 0. The number of ether oxygens (including phenoxy) is 2. The van der Waals surface area contributed by atoms with Gasteiger partial charge in [-0.05, 0) is 44.2 Å². The number of hydrogen-bond donors (Lipinski definition) is 1. The van der Waals surface area contributed by atoms with Crippen molar-refractivity contribution in [1.29, 1.82) is 0 Å². The summed E-state index contributed by atoms with van der Waals surface area (Å²) in [5.41, 5.74) is 2.33. The minimum Gasteiger partial charge on any atom is -0.467 e. The zero-order valence-electron chi connectivity index (χ0n) is 14.9. The molecule has 1 N–H and O–H groups in total. The van der Waals surface area contributed by atoms with E-state index in [2.05, 4.69) is 5.32 Å². The minimum absolute atomic E-state index is 0.220. The summed E-state index contributed by atoms with van der Waals surface area (Å²) in [4.78, 5) is 26.3. The van der Waals surface area contributed by atoms with Gasteiger partial charge in [0.2, 0.25) is 0 Å². The number of rotatable bonds is 2. The van der Waals surface area contributed by atoms with E-state index in [0.29, 0.717) is 17.7 Å². The maximum absolute atomic E-state index is 12.8. The first-order valence-electron chi connectivity index (χ1n) is 8.50. The number of hydrogen-bond acceptors (Lipinski definition) is 4. The fraction of sp³-hybridized carbons (Fsp3) is 0.300. The second kappa shape index (κ2) is 5.76. The summed E-state index contributed by atoms with van der Waals surface area (Å²) in [5.74, 6) is 0.248. The van der Waals surface area contributed by atoms with Gasteiger partial charge in [0.1, 0.15) is 5.75 Å². The van der Waals surface area contributed by atoms with E-state index < -0.39 is 11.7 Å². The van der Waals surface area contributed by atoms with Crippen LogP contribution in [0, 0.1) is 6.92 Å². The van der Waals surface area contributed by atoms with E-state index in [9.17, 15) is 9.59 Å². The van der Waals surface area contributed by atoms with Gasteiger partial charge >= 0.3 is 12.0 Å². The number of amides is 2. The lowest BCUT2D eigenvalue weighted by molar-refractivity contribution is 0.0377. The van der Waals surface area contributed by atoms with Crippen molar-refractivity contribution in [3.05, 3.63) is 59.2 Å². The molecule has 0 aliphatic carbocycles. The van der Waals surface area contributed by atoms with Gasteiger partial charge in [0.15, 0.2) is 5.72 Å². The molecule has 2 aromatic rings. The lowest BCUT2D eigenvalue weighted by Gasteiger charge is -2.50. The topological polar surface area (TPSA) is 67.9 Å². The predicted molar refractivity (Wildman–Crippen MR) is 96.4 cm³/mol. The first-order valence-corrected chi connectivity index (χ1v) is 8.50. The second-order valence-corrected chi connectivity index (χ2v) is 6.90. The van der Waals surface area contributed by atoms with Crippen molar-refractivity contribution in [3.8, 4) is 5.75 Å². The standard InChI is InChI=1S/C20H20N2O4/c1-12-4-7-14(8-5-12)22-19(24)21-16-11-20(22,2)26-17-9-6-13(10-15(16)17)18(23)25-3/h4-10,16H,11H2,1-3H3,(H,21,24)/t16-,20-/m0/s1. The molecule has 2 aliphatic rings. The van der Waals surface area contributed by atoms with Crippen LogP contribution in [0.4, 0.5) is 10.5 Å². The Balaban J connectivity index is 1.75. The number of esters is 1. The van der Waals surface area contributed by atoms with Crippen LogP contribution in [-0.2, 0) is 4.74 Å². The number of carbonyl (C=O) groups excluding carboxylic acids is 2. The van der Waals surface area contributed by atoms with Crippen molar-refractivity contribution in [1.82, 2.24) is 5.32 Å². The van der Waals surface area contributed by atoms with Crippen LogP contribution in [0.1, 0.15) is 40.9 Å². The summed E-state index contributed by atoms with van der Waals surface area (Å²) < 4.78 is 11.0. The first-order chi connectivity index (χ1) is 12.4. The molecule has 6 nitrogen and oxygen atoms in total. The maximum Gasteiger partial charge on any atom is 0.337 e. The largest absolute Gasteiger partial charge is 0.467 e. The van der Waals surface area contributed by atoms with Crippen molar-refractivity contribution in [2.24, 2.45) is 0 Å². The quantitative estimate of drug-likeness (QED) is 0.840. The number of methoxy groups -OCH3 is 1. The average molecular weight is 352 g/mol. The summed E-state index contributed by atoms with van der Waals surface area (Å²) in [5, 5.41) is 3.03. The van der Waals surface area contributed by atoms with Gasteiger partial charge in [0.05, 0.1) is 18.7 Å². The second-order valence-electron chi connectivity index (χ2n) is 6.90. The van der Waals surface area contributed by atoms with Crippen molar-refractivity contribution in [2.45, 2.75) is 32.0 Å². The molecule has 26 heavy (non-hydrogen) atoms. The van der Waals surface area contributed by atoms with Crippen LogP contribution in [-0.4, -0.2) is 24.8 Å². The van der Waals surface area contributed by atoms with Crippen LogP contribution in [0.5, 0.6) is 5.75 Å². The third-order valence-electron chi connectivity index (χ3n) is 4.98. The van der Waals surface area contributed by atoms with Gasteiger partial charge in [-0.15, -0.1) is 0 Å². The fourth-order valence-electron chi connectivity index (χ4n) is 3.70. The van der Waals surface area contributed by atoms with Gasteiger partial charge in [-0.25, -0.2) is 9.59 Å². The van der Waals surface area contributed by atoms with Crippen LogP contribution < -0.4 is 15.0 Å². The van der Waals surface area contributed by atoms with Gasteiger partial charge in [-0.3, -0.25) is 4.90 Å². The summed E-state index contributed by atoms with van der Waals surface area (Å²) in [6, 6.07) is 12.5. The van der Waals surface area contributed by atoms with Crippen LogP contribution in [0.2, 0.25) is 0 Å². The van der Waals surface area contributed by atoms with Crippen LogP contribution >= 0.6 is 0 Å². The smallest absolute Gasteiger partial charge is 0.337 e. The third kappa shape index (κ3) is 2.49. The lowest BCUT2D eigenvalue weighted by Crippen LogP contribution is -2.65. The molecule has 2 atom stereocenters. The van der Waals surface area contributed by atoms with E-state index in [1.165, 1.54) is 7.11 Å². The first kappa shape index (κ1) is 16.4. The van der Waals surface area contributed by atoms with Gasteiger partial charge in [-0.2, -0.15) is 0 Å². The highest BCUT2D eigenvalue weighted by Gasteiger charge is 2.49. The number of aryl methyl sites for hydroxylation is 1. The molecular weight excluding hydrogens is 332 g/mol. The van der Waals surface area contributed by atoms with E-state index >= 15 is 0 Å². The number of fused-ring (bicyclic) bond motifs is 4. The van der Waals surface area contributed by atoms with Gasteiger partial charge in [0, 0.05) is 17.7 Å². The van der Waals surface area contributed by atoms with Crippen LogP contribution in [0.15, 0.2) is 42.5 Å². The Morgan fingerprint density at radius 1 is 1.27 bits per heavy atom. The van der Waals surface area contributed by atoms with Gasteiger partial charge in [0.25, 0.3) is 0 Å². The molecule has 134 valence electrons. The van der Waals surface area contributed by atoms with Crippen molar-refractivity contribution in [3.63, 3.8) is 0 Å². The summed E-state index contributed by atoms with van der Waals surface area (Å²) in [7, 11) is 1.34. The monoisotopic (exact) mass is 352 g/mol. The molecule has 2 aromatic carbocycles. The number of benzene rings is 2. The molecule has 2 aliphatic heterocycles. The predicted octanol–water partition coefficient (Wildman–Crippen LogP) is 3.55. The molecule has 1 saturated heterocycles. The normalized spacial score (nSPS) is 23.6. The van der Waals surface area contributed by atoms with Gasteiger partial charge in [-0.1, -0.05) is 17.7 Å². The summed E-state index contributed by atoms with van der Waals surface area (Å²) in [6.45, 7) is 3.92. The lowest BCUT2D eigenvalue weighted by atomic mass is 9.89. The number of nitrogens with zero attached hydrogens (tertiary/aromatic N) is 1. The molecule has 0 saturated carbocycles. The maximum atomic E-state index is 12.8. The zero-order valence-corrected chi connectivity index (χ0v) is 14.9. The van der Waals surface area contributed by atoms with Crippen molar-refractivity contribution >= 4 is 17.7 Å². The zero-order chi connectivity index (χ0) is 18.5. The van der Waals surface area contributed by atoms with E-state index in [4.69, 9.17) is 9.47 Å². The highest BCUT2D eigenvalue weighted by atomic mass is 16.5.